The third-order valence-corrected chi connectivity index (χ3v) is 5.56. The van der Waals surface area contributed by atoms with E-state index in [1.54, 1.807) is 17.8 Å². The number of methoxy groups -OCH3 is 1. The van der Waals surface area contributed by atoms with Crippen molar-refractivity contribution in [2.24, 2.45) is 5.41 Å². The van der Waals surface area contributed by atoms with Gasteiger partial charge in [0.05, 0.1) is 11.7 Å². The van der Waals surface area contributed by atoms with Crippen LogP contribution in [0.15, 0.2) is 24.7 Å². The first kappa shape index (κ1) is 14.6. The van der Waals surface area contributed by atoms with Gasteiger partial charge < -0.3 is 9.64 Å². The van der Waals surface area contributed by atoms with Crippen molar-refractivity contribution in [3.63, 3.8) is 0 Å². The number of carbonyl (C=O) groups is 1. The maximum atomic E-state index is 13.1. The lowest BCUT2D eigenvalue weighted by Gasteiger charge is -2.43. The molecular formula is C17H22N4O2. The molecule has 6 nitrogen and oxygen atoms in total. The molecule has 1 saturated carbocycles. The van der Waals surface area contributed by atoms with Crippen LogP contribution in [-0.4, -0.2) is 51.7 Å². The number of aromatic nitrogens is 3. The predicted molar refractivity (Wildman–Crippen MR) is 85.2 cm³/mol. The smallest absolute Gasteiger partial charge is 0.257 e. The molecule has 2 aromatic heterocycles. The van der Waals surface area contributed by atoms with Crippen molar-refractivity contribution in [1.29, 1.82) is 0 Å². The fraction of sp³-hybridized carbons (Fsp3) is 0.588. The van der Waals surface area contributed by atoms with Crippen molar-refractivity contribution in [2.75, 3.05) is 20.2 Å². The molecule has 23 heavy (non-hydrogen) atoms. The van der Waals surface area contributed by atoms with Gasteiger partial charge in [-0.3, -0.25) is 9.20 Å². The predicted octanol–water partition coefficient (Wildman–Crippen LogP) is 2.15. The number of hydrogen-bond donors (Lipinski definition) is 0. The van der Waals surface area contributed by atoms with Gasteiger partial charge in [-0.1, -0.05) is 6.42 Å². The number of amides is 1. The molecule has 0 bridgehead atoms. The number of hydrogen-bond acceptors (Lipinski definition) is 4. The third-order valence-electron chi connectivity index (χ3n) is 5.56. The second-order valence-corrected chi connectivity index (χ2v) is 6.79. The van der Waals surface area contributed by atoms with Gasteiger partial charge in [0.15, 0.2) is 5.65 Å². The number of piperidine rings is 1. The normalized spacial score (nSPS) is 27.9. The minimum atomic E-state index is 0.0597. The molecule has 3 heterocycles. The van der Waals surface area contributed by atoms with Gasteiger partial charge in [-0.15, -0.1) is 10.2 Å². The molecule has 0 radical (unpaired) electrons. The fourth-order valence-electron chi connectivity index (χ4n) is 4.46. The molecule has 0 aromatic carbocycles. The first-order valence-electron chi connectivity index (χ1n) is 8.34. The first-order valence-corrected chi connectivity index (χ1v) is 8.34. The SMILES string of the molecule is CO[C@@H]1CCC[C@]12CCCN(C(=O)c1cccn3cnnc13)C2. The average Bonchev–Trinajstić information content (AvgIpc) is 3.20. The van der Waals surface area contributed by atoms with Crippen LogP contribution in [0.3, 0.4) is 0 Å². The highest BCUT2D eigenvalue weighted by atomic mass is 16.5. The van der Waals surface area contributed by atoms with Gasteiger partial charge in [0, 0.05) is 31.8 Å². The molecule has 2 aliphatic rings. The molecule has 2 atom stereocenters. The van der Waals surface area contributed by atoms with Crippen molar-refractivity contribution >= 4 is 11.6 Å². The summed E-state index contributed by atoms with van der Waals surface area (Å²) in [5, 5.41) is 8.00. The summed E-state index contributed by atoms with van der Waals surface area (Å²) < 4.78 is 7.52. The number of carbonyl (C=O) groups excluding carboxylic acids is 1. The molecule has 1 amide bonds. The van der Waals surface area contributed by atoms with Crippen molar-refractivity contribution < 1.29 is 9.53 Å². The van der Waals surface area contributed by atoms with E-state index in [0.29, 0.717) is 11.2 Å². The Morgan fingerprint density at radius 3 is 3.13 bits per heavy atom. The molecule has 2 aromatic rings. The maximum absolute atomic E-state index is 13.1. The Hall–Kier alpha value is -1.95. The van der Waals surface area contributed by atoms with Crippen LogP contribution in [0.5, 0.6) is 0 Å². The summed E-state index contributed by atoms with van der Waals surface area (Å²) in [6.07, 6.45) is 9.43. The van der Waals surface area contributed by atoms with Crippen LogP contribution in [0.4, 0.5) is 0 Å². The van der Waals surface area contributed by atoms with Crippen LogP contribution in [0.2, 0.25) is 0 Å². The Bertz CT molecular complexity index is 728. The number of pyridine rings is 1. The van der Waals surface area contributed by atoms with E-state index in [1.165, 1.54) is 6.42 Å². The van der Waals surface area contributed by atoms with E-state index in [-0.39, 0.29) is 17.4 Å². The van der Waals surface area contributed by atoms with E-state index in [4.69, 9.17) is 4.74 Å². The number of rotatable bonds is 2. The summed E-state index contributed by atoms with van der Waals surface area (Å²) in [6.45, 7) is 1.60. The number of likely N-dealkylation sites (tertiary alicyclic amines) is 1. The van der Waals surface area contributed by atoms with E-state index in [2.05, 4.69) is 10.2 Å². The highest BCUT2D eigenvalue weighted by molar-refractivity contribution is 5.99. The van der Waals surface area contributed by atoms with Crippen molar-refractivity contribution in [1.82, 2.24) is 19.5 Å². The van der Waals surface area contributed by atoms with Crippen LogP contribution >= 0.6 is 0 Å². The molecule has 4 rings (SSSR count). The molecule has 1 aliphatic carbocycles. The van der Waals surface area contributed by atoms with E-state index >= 15 is 0 Å². The molecular weight excluding hydrogens is 292 g/mol. The standard InChI is InChI=1S/C17H22N4O2/c1-23-14-6-2-7-17(14)8-4-10-20(11-17)16(22)13-5-3-9-21-12-18-19-15(13)21/h3,5,9,12,14H,2,4,6-8,10-11H2,1H3/t14-,17-/m1/s1. The summed E-state index contributed by atoms with van der Waals surface area (Å²) in [5.74, 6) is 0.0597. The van der Waals surface area contributed by atoms with Gasteiger partial charge in [0.2, 0.25) is 0 Å². The molecule has 0 N–H and O–H groups in total. The van der Waals surface area contributed by atoms with Crippen LogP contribution in [0.25, 0.3) is 5.65 Å². The fourth-order valence-corrected chi connectivity index (χ4v) is 4.46. The van der Waals surface area contributed by atoms with Crippen LogP contribution in [0.1, 0.15) is 42.5 Å². The van der Waals surface area contributed by atoms with Crippen LogP contribution in [-0.2, 0) is 4.74 Å². The van der Waals surface area contributed by atoms with Gasteiger partial charge in [0.25, 0.3) is 5.91 Å². The molecule has 0 unspecified atom stereocenters. The molecule has 1 aliphatic heterocycles. The summed E-state index contributed by atoms with van der Waals surface area (Å²) >= 11 is 0. The zero-order valence-electron chi connectivity index (χ0n) is 13.4. The number of ether oxygens (including phenoxy) is 1. The highest BCUT2D eigenvalue weighted by Crippen LogP contribution is 2.46. The molecule has 2 fully saturated rings. The maximum Gasteiger partial charge on any atom is 0.257 e. The number of fused-ring (bicyclic) bond motifs is 1. The zero-order valence-corrected chi connectivity index (χ0v) is 13.4. The lowest BCUT2D eigenvalue weighted by molar-refractivity contribution is -0.0295. The lowest BCUT2D eigenvalue weighted by Crippen LogP contribution is -2.49. The highest BCUT2D eigenvalue weighted by Gasteiger charge is 2.46. The Kier molecular flexibility index (Phi) is 3.56. The third kappa shape index (κ3) is 2.32. The summed E-state index contributed by atoms with van der Waals surface area (Å²) in [7, 11) is 1.80. The monoisotopic (exact) mass is 314 g/mol. The minimum Gasteiger partial charge on any atom is -0.381 e. The number of nitrogens with zero attached hydrogens (tertiary/aromatic N) is 4. The summed E-state index contributed by atoms with van der Waals surface area (Å²) in [5.41, 5.74) is 1.40. The Morgan fingerprint density at radius 2 is 2.26 bits per heavy atom. The van der Waals surface area contributed by atoms with Crippen LogP contribution < -0.4 is 0 Å². The molecule has 1 saturated heterocycles. The topological polar surface area (TPSA) is 59.7 Å². The quantitative estimate of drug-likeness (QED) is 0.852. The minimum absolute atomic E-state index is 0.0597. The Morgan fingerprint density at radius 1 is 1.39 bits per heavy atom. The summed E-state index contributed by atoms with van der Waals surface area (Å²) in [6, 6.07) is 3.72. The van der Waals surface area contributed by atoms with Gasteiger partial charge in [-0.05, 0) is 37.8 Å². The Balaban J connectivity index is 1.62. The first-order chi connectivity index (χ1) is 11.2. The van der Waals surface area contributed by atoms with Crippen molar-refractivity contribution in [3.8, 4) is 0 Å². The second kappa shape index (κ2) is 5.60. The van der Waals surface area contributed by atoms with E-state index in [0.717, 1.165) is 38.8 Å². The van der Waals surface area contributed by atoms with Gasteiger partial charge >= 0.3 is 0 Å². The van der Waals surface area contributed by atoms with E-state index < -0.39 is 0 Å². The average molecular weight is 314 g/mol. The van der Waals surface area contributed by atoms with Gasteiger partial charge in [-0.2, -0.15) is 0 Å². The zero-order chi connectivity index (χ0) is 15.9. The van der Waals surface area contributed by atoms with Gasteiger partial charge in [0.1, 0.15) is 6.33 Å². The van der Waals surface area contributed by atoms with Crippen molar-refractivity contribution in [3.05, 3.63) is 30.2 Å². The molecule has 122 valence electrons. The molecule has 6 heteroatoms. The van der Waals surface area contributed by atoms with E-state index in [9.17, 15) is 4.79 Å². The summed E-state index contributed by atoms with van der Waals surface area (Å²) in [4.78, 5) is 15.0. The van der Waals surface area contributed by atoms with E-state index in [1.807, 2.05) is 23.2 Å². The van der Waals surface area contributed by atoms with Gasteiger partial charge in [-0.25, -0.2) is 0 Å². The Labute approximate surface area is 135 Å². The second-order valence-electron chi connectivity index (χ2n) is 6.79. The van der Waals surface area contributed by atoms with Crippen molar-refractivity contribution in [2.45, 2.75) is 38.2 Å². The van der Waals surface area contributed by atoms with Crippen LogP contribution in [0, 0.1) is 5.41 Å². The largest absolute Gasteiger partial charge is 0.381 e. The lowest BCUT2D eigenvalue weighted by atomic mass is 9.76. The molecule has 1 spiro atoms.